The van der Waals surface area contributed by atoms with E-state index in [2.05, 4.69) is 6.92 Å². The van der Waals surface area contributed by atoms with Crippen LogP contribution in [0.4, 0.5) is 0 Å². The number of rotatable bonds is 6. The fourth-order valence-electron chi connectivity index (χ4n) is 1.44. The van der Waals surface area contributed by atoms with Gasteiger partial charge >= 0.3 is 0 Å². The Balaban J connectivity index is 2.77. The summed E-state index contributed by atoms with van der Waals surface area (Å²) in [7, 11) is 1.67. The molecule has 0 saturated carbocycles. The van der Waals surface area contributed by atoms with Crippen molar-refractivity contribution < 1.29 is 9.47 Å². The lowest BCUT2D eigenvalue weighted by Crippen LogP contribution is -2.33. The van der Waals surface area contributed by atoms with Crippen LogP contribution in [0.3, 0.4) is 0 Å². The van der Waals surface area contributed by atoms with E-state index in [1.807, 2.05) is 31.2 Å². The van der Waals surface area contributed by atoms with Crippen LogP contribution in [-0.4, -0.2) is 20.3 Å². The normalized spacial score (nSPS) is 14.5. The number of nitrogens with two attached hydrogens (primary N) is 1. The minimum absolute atomic E-state index is 0.413. The minimum Gasteiger partial charge on any atom is -0.494 e. The average Bonchev–Trinajstić information content (AvgIpc) is 2.36. The molecule has 0 radical (unpaired) electrons. The number of methoxy groups -OCH3 is 1. The van der Waals surface area contributed by atoms with Crippen molar-refractivity contribution in [3.63, 3.8) is 0 Å². The molecule has 1 unspecified atom stereocenters. The summed E-state index contributed by atoms with van der Waals surface area (Å²) in [4.78, 5) is 0. The summed E-state index contributed by atoms with van der Waals surface area (Å²) >= 11 is 0. The fourth-order valence-corrected chi connectivity index (χ4v) is 1.44. The maximum absolute atomic E-state index is 5.71. The second-order valence-corrected chi connectivity index (χ2v) is 4.01. The second kappa shape index (κ2) is 5.87. The van der Waals surface area contributed by atoms with Gasteiger partial charge in [-0.3, -0.25) is 0 Å². The molecule has 0 fully saturated rings. The number of benzene rings is 1. The molecule has 0 aliphatic carbocycles. The maximum Gasteiger partial charge on any atom is 0.119 e. The van der Waals surface area contributed by atoms with E-state index in [-0.39, 0.29) is 0 Å². The molecule has 3 nitrogen and oxygen atoms in total. The molecule has 1 atom stereocenters. The molecular formula is C13H21NO2. The summed E-state index contributed by atoms with van der Waals surface area (Å²) in [5.74, 6) is 0.890. The van der Waals surface area contributed by atoms with E-state index in [0.29, 0.717) is 6.54 Å². The van der Waals surface area contributed by atoms with E-state index in [1.54, 1.807) is 7.11 Å². The largest absolute Gasteiger partial charge is 0.494 e. The number of ether oxygens (including phenoxy) is 2. The molecule has 2 N–H and O–H groups in total. The summed E-state index contributed by atoms with van der Waals surface area (Å²) in [6, 6.07) is 7.92. The van der Waals surface area contributed by atoms with E-state index >= 15 is 0 Å². The van der Waals surface area contributed by atoms with Gasteiger partial charge in [0, 0.05) is 13.7 Å². The first-order chi connectivity index (χ1) is 7.66. The van der Waals surface area contributed by atoms with E-state index < -0.39 is 5.60 Å². The van der Waals surface area contributed by atoms with Crippen molar-refractivity contribution in [2.75, 3.05) is 20.3 Å². The van der Waals surface area contributed by atoms with Crippen LogP contribution in [0.5, 0.6) is 5.75 Å². The third-order valence-electron chi connectivity index (χ3n) is 2.78. The minimum atomic E-state index is -0.413. The van der Waals surface area contributed by atoms with Gasteiger partial charge in [0.25, 0.3) is 0 Å². The number of hydrogen-bond acceptors (Lipinski definition) is 3. The third kappa shape index (κ3) is 2.97. The van der Waals surface area contributed by atoms with E-state index in [1.165, 1.54) is 0 Å². The first kappa shape index (κ1) is 13.0. The molecule has 0 aliphatic rings. The highest BCUT2D eigenvalue weighted by Gasteiger charge is 2.23. The lowest BCUT2D eigenvalue weighted by Gasteiger charge is -2.27. The Bertz CT molecular complexity index is 304. The lowest BCUT2D eigenvalue weighted by molar-refractivity contribution is 0.0100. The van der Waals surface area contributed by atoms with Crippen molar-refractivity contribution in [1.29, 1.82) is 0 Å². The predicted octanol–water partition coefficient (Wildman–Crippen LogP) is 2.30. The topological polar surface area (TPSA) is 44.5 Å². The van der Waals surface area contributed by atoms with Crippen LogP contribution < -0.4 is 10.5 Å². The zero-order valence-electron chi connectivity index (χ0n) is 10.3. The van der Waals surface area contributed by atoms with Gasteiger partial charge in [0.2, 0.25) is 0 Å². The molecule has 1 aromatic carbocycles. The fraction of sp³-hybridized carbons (Fsp3) is 0.538. The molecule has 0 saturated heterocycles. The molecule has 1 aromatic rings. The van der Waals surface area contributed by atoms with Gasteiger partial charge in [0.05, 0.1) is 6.61 Å². The Hall–Kier alpha value is -1.06. The highest BCUT2D eigenvalue weighted by Crippen LogP contribution is 2.25. The molecule has 1 rings (SSSR count). The Morgan fingerprint density at radius 1 is 1.25 bits per heavy atom. The highest BCUT2D eigenvalue weighted by atomic mass is 16.5. The Kier molecular flexibility index (Phi) is 4.77. The maximum atomic E-state index is 5.71. The van der Waals surface area contributed by atoms with Crippen LogP contribution in [0.15, 0.2) is 24.3 Å². The van der Waals surface area contributed by atoms with E-state index in [9.17, 15) is 0 Å². The summed E-state index contributed by atoms with van der Waals surface area (Å²) < 4.78 is 10.9. The van der Waals surface area contributed by atoms with Crippen molar-refractivity contribution in [2.45, 2.75) is 25.9 Å². The van der Waals surface area contributed by atoms with E-state index in [4.69, 9.17) is 15.2 Å². The Labute approximate surface area is 97.6 Å². The molecule has 0 aliphatic heterocycles. The van der Waals surface area contributed by atoms with Crippen LogP contribution in [0.2, 0.25) is 0 Å². The zero-order chi connectivity index (χ0) is 12.0. The Morgan fingerprint density at radius 2 is 1.88 bits per heavy atom. The monoisotopic (exact) mass is 223 g/mol. The van der Waals surface area contributed by atoms with Gasteiger partial charge in [0.15, 0.2) is 0 Å². The van der Waals surface area contributed by atoms with Crippen molar-refractivity contribution in [3.8, 4) is 5.75 Å². The van der Waals surface area contributed by atoms with Gasteiger partial charge < -0.3 is 15.2 Å². The summed E-state index contributed by atoms with van der Waals surface area (Å²) in [6.45, 7) is 5.27. The van der Waals surface area contributed by atoms with E-state index in [0.717, 1.165) is 24.3 Å². The molecule has 16 heavy (non-hydrogen) atoms. The van der Waals surface area contributed by atoms with Crippen molar-refractivity contribution >= 4 is 0 Å². The first-order valence-electron chi connectivity index (χ1n) is 5.65. The second-order valence-electron chi connectivity index (χ2n) is 4.01. The molecule has 0 aromatic heterocycles. The van der Waals surface area contributed by atoms with Crippen LogP contribution in [0.25, 0.3) is 0 Å². The van der Waals surface area contributed by atoms with Gasteiger partial charge in [-0.25, -0.2) is 0 Å². The van der Waals surface area contributed by atoms with Gasteiger partial charge in [-0.1, -0.05) is 19.1 Å². The van der Waals surface area contributed by atoms with Gasteiger partial charge in [-0.05, 0) is 31.0 Å². The predicted molar refractivity (Wildman–Crippen MR) is 65.6 cm³/mol. The molecule has 0 bridgehead atoms. The Morgan fingerprint density at radius 3 is 2.31 bits per heavy atom. The quantitative estimate of drug-likeness (QED) is 0.804. The van der Waals surface area contributed by atoms with Crippen LogP contribution in [-0.2, 0) is 10.3 Å². The molecule has 0 amide bonds. The van der Waals surface area contributed by atoms with Crippen LogP contribution in [0.1, 0.15) is 25.8 Å². The zero-order valence-corrected chi connectivity index (χ0v) is 10.3. The average molecular weight is 223 g/mol. The first-order valence-corrected chi connectivity index (χ1v) is 5.65. The molecular weight excluding hydrogens is 202 g/mol. The summed E-state index contributed by atoms with van der Waals surface area (Å²) in [6.07, 6.45) is 1.01. The molecule has 0 heterocycles. The van der Waals surface area contributed by atoms with Gasteiger partial charge in [-0.2, -0.15) is 0 Å². The summed E-state index contributed by atoms with van der Waals surface area (Å²) in [5, 5.41) is 0. The van der Waals surface area contributed by atoms with Gasteiger partial charge in [0.1, 0.15) is 11.4 Å². The summed E-state index contributed by atoms with van der Waals surface area (Å²) in [5.41, 5.74) is 6.37. The van der Waals surface area contributed by atoms with Crippen molar-refractivity contribution in [2.24, 2.45) is 5.73 Å². The third-order valence-corrected chi connectivity index (χ3v) is 2.78. The highest BCUT2D eigenvalue weighted by molar-refractivity contribution is 5.31. The van der Waals surface area contributed by atoms with Gasteiger partial charge in [-0.15, -0.1) is 0 Å². The molecule has 90 valence electrons. The van der Waals surface area contributed by atoms with Crippen LogP contribution >= 0.6 is 0 Å². The van der Waals surface area contributed by atoms with Crippen molar-refractivity contribution in [3.05, 3.63) is 29.8 Å². The SMILES string of the molecule is CCCOc1ccc(C(C)(CN)OC)cc1. The van der Waals surface area contributed by atoms with Crippen LogP contribution in [0, 0.1) is 0 Å². The molecule has 3 heteroatoms. The van der Waals surface area contributed by atoms with Crippen molar-refractivity contribution in [1.82, 2.24) is 0 Å². The lowest BCUT2D eigenvalue weighted by atomic mass is 9.96. The number of hydrogen-bond donors (Lipinski definition) is 1. The standard InChI is InChI=1S/C13H21NO2/c1-4-9-16-12-7-5-11(6-8-12)13(2,10-14)15-3/h5-8H,4,9-10,14H2,1-3H3. The molecule has 0 spiro atoms. The smallest absolute Gasteiger partial charge is 0.119 e.